The minimum atomic E-state index is -0.328. The lowest BCUT2D eigenvalue weighted by Crippen LogP contribution is -2.31. The summed E-state index contributed by atoms with van der Waals surface area (Å²) < 4.78 is 5.35. The number of hydrogen-bond acceptors (Lipinski definition) is 4. The van der Waals surface area contributed by atoms with Gasteiger partial charge in [-0.2, -0.15) is 0 Å². The molecular weight excluding hydrogens is 230 g/mol. The molecule has 0 aliphatic heterocycles. The van der Waals surface area contributed by atoms with Gasteiger partial charge in [0.15, 0.2) is 5.82 Å². The van der Waals surface area contributed by atoms with Gasteiger partial charge in [0, 0.05) is 7.11 Å². The van der Waals surface area contributed by atoms with Crippen molar-refractivity contribution in [3.8, 4) is 0 Å². The van der Waals surface area contributed by atoms with Crippen LogP contribution in [0.4, 0.5) is 5.82 Å². The zero-order valence-electron chi connectivity index (χ0n) is 9.00. The fraction of sp³-hybridized carbons (Fsp3) is 0.600. The van der Waals surface area contributed by atoms with Crippen molar-refractivity contribution in [2.24, 2.45) is 0 Å². The third-order valence-corrected chi connectivity index (χ3v) is 3.22. The second-order valence-electron chi connectivity index (χ2n) is 3.85. The second kappa shape index (κ2) is 4.84. The van der Waals surface area contributed by atoms with Gasteiger partial charge in [0.25, 0.3) is 5.56 Å². The third kappa shape index (κ3) is 2.20. The van der Waals surface area contributed by atoms with Gasteiger partial charge in [-0.15, -0.1) is 0 Å². The monoisotopic (exact) mass is 243 g/mol. The van der Waals surface area contributed by atoms with Gasteiger partial charge < -0.3 is 15.0 Å². The first-order valence-electron chi connectivity index (χ1n) is 5.25. The third-order valence-electron chi connectivity index (χ3n) is 2.87. The lowest BCUT2D eigenvalue weighted by atomic mass is 10.2. The van der Waals surface area contributed by atoms with E-state index >= 15 is 0 Å². The molecule has 1 heterocycles. The SMILES string of the molecule is COC1CCCC1Nc1nc[nH]c(=O)c1Cl. The molecule has 0 aromatic carbocycles. The van der Waals surface area contributed by atoms with E-state index in [1.807, 2.05) is 0 Å². The Kier molecular flexibility index (Phi) is 3.46. The summed E-state index contributed by atoms with van der Waals surface area (Å²) in [5.41, 5.74) is -0.328. The maximum atomic E-state index is 11.3. The highest BCUT2D eigenvalue weighted by molar-refractivity contribution is 6.32. The number of ether oxygens (including phenoxy) is 1. The topological polar surface area (TPSA) is 67.0 Å². The summed E-state index contributed by atoms with van der Waals surface area (Å²) >= 11 is 5.85. The largest absolute Gasteiger partial charge is 0.379 e. The fourth-order valence-electron chi connectivity index (χ4n) is 2.03. The van der Waals surface area contributed by atoms with Gasteiger partial charge in [0.2, 0.25) is 0 Å². The number of methoxy groups -OCH3 is 1. The highest BCUT2D eigenvalue weighted by Crippen LogP contribution is 2.25. The smallest absolute Gasteiger partial charge is 0.271 e. The Morgan fingerprint density at radius 2 is 2.44 bits per heavy atom. The maximum absolute atomic E-state index is 11.3. The minimum absolute atomic E-state index is 0.101. The van der Waals surface area contributed by atoms with Crippen LogP contribution in [0, 0.1) is 0 Å². The number of anilines is 1. The van der Waals surface area contributed by atoms with E-state index in [9.17, 15) is 4.79 Å². The van der Waals surface area contributed by atoms with E-state index in [2.05, 4.69) is 15.3 Å². The van der Waals surface area contributed by atoms with E-state index in [0.29, 0.717) is 5.82 Å². The number of halogens is 1. The van der Waals surface area contributed by atoms with Crippen molar-refractivity contribution < 1.29 is 4.74 Å². The van der Waals surface area contributed by atoms with Crippen molar-refractivity contribution in [1.29, 1.82) is 0 Å². The average Bonchev–Trinajstić information content (AvgIpc) is 2.72. The predicted octanol–water partition coefficient (Wildman–Crippen LogP) is 1.40. The molecule has 2 atom stereocenters. The van der Waals surface area contributed by atoms with E-state index in [-0.39, 0.29) is 22.7 Å². The number of nitrogens with one attached hydrogen (secondary N) is 2. The number of hydrogen-bond donors (Lipinski definition) is 2. The molecule has 2 unspecified atom stereocenters. The van der Waals surface area contributed by atoms with Gasteiger partial charge in [0.1, 0.15) is 5.02 Å². The van der Waals surface area contributed by atoms with Crippen LogP contribution in [0.25, 0.3) is 0 Å². The molecule has 2 N–H and O–H groups in total. The molecule has 1 aromatic heterocycles. The highest BCUT2D eigenvalue weighted by Gasteiger charge is 2.27. The Labute approximate surface area is 98.2 Å². The zero-order chi connectivity index (χ0) is 11.5. The molecule has 16 heavy (non-hydrogen) atoms. The van der Waals surface area contributed by atoms with Gasteiger partial charge in [-0.1, -0.05) is 11.6 Å². The lowest BCUT2D eigenvalue weighted by Gasteiger charge is -2.20. The van der Waals surface area contributed by atoms with Crippen LogP contribution in [0.1, 0.15) is 19.3 Å². The van der Waals surface area contributed by atoms with Gasteiger partial charge in [-0.05, 0) is 19.3 Å². The van der Waals surface area contributed by atoms with Gasteiger partial charge in [-0.25, -0.2) is 4.98 Å². The Balaban J connectivity index is 2.14. The number of H-pyrrole nitrogens is 1. The predicted molar refractivity (Wildman–Crippen MR) is 61.9 cm³/mol. The molecule has 0 amide bonds. The van der Waals surface area contributed by atoms with Crippen LogP contribution in [0.2, 0.25) is 5.02 Å². The van der Waals surface area contributed by atoms with Crippen molar-refractivity contribution >= 4 is 17.4 Å². The molecule has 0 spiro atoms. The molecule has 2 rings (SSSR count). The molecule has 1 aromatic rings. The van der Waals surface area contributed by atoms with Crippen molar-refractivity contribution in [3.05, 3.63) is 21.7 Å². The second-order valence-corrected chi connectivity index (χ2v) is 4.23. The number of aromatic nitrogens is 2. The Morgan fingerprint density at radius 1 is 1.62 bits per heavy atom. The minimum Gasteiger partial charge on any atom is -0.379 e. The van der Waals surface area contributed by atoms with Crippen LogP contribution < -0.4 is 10.9 Å². The number of rotatable bonds is 3. The normalized spacial score (nSPS) is 24.6. The maximum Gasteiger partial charge on any atom is 0.271 e. The van der Waals surface area contributed by atoms with E-state index in [4.69, 9.17) is 16.3 Å². The quantitative estimate of drug-likeness (QED) is 0.842. The van der Waals surface area contributed by atoms with Gasteiger partial charge in [0.05, 0.1) is 18.5 Å². The highest BCUT2D eigenvalue weighted by atomic mass is 35.5. The molecule has 1 fully saturated rings. The molecule has 1 aliphatic rings. The molecule has 1 saturated carbocycles. The first-order valence-corrected chi connectivity index (χ1v) is 5.62. The van der Waals surface area contributed by atoms with Crippen LogP contribution >= 0.6 is 11.6 Å². The summed E-state index contributed by atoms with van der Waals surface area (Å²) in [5, 5.41) is 3.26. The summed E-state index contributed by atoms with van der Waals surface area (Å²) in [6.07, 6.45) is 4.64. The fourth-order valence-corrected chi connectivity index (χ4v) is 2.19. The van der Waals surface area contributed by atoms with E-state index in [1.54, 1.807) is 7.11 Å². The Morgan fingerprint density at radius 3 is 3.19 bits per heavy atom. The Hall–Kier alpha value is -1.07. The standard InChI is InChI=1S/C10H14ClN3O2/c1-16-7-4-2-3-6(7)14-9-8(11)10(15)13-5-12-9/h5-7H,2-4H2,1H3,(H2,12,13,14,15). The van der Waals surface area contributed by atoms with Crippen molar-refractivity contribution in [2.45, 2.75) is 31.4 Å². The molecule has 0 bridgehead atoms. The Bertz CT molecular complexity index is 421. The van der Waals surface area contributed by atoms with Crippen LogP contribution in [0.3, 0.4) is 0 Å². The number of nitrogens with zero attached hydrogens (tertiary/aromatic N) is 1. The summed E-state index contributed by atoms with van der Waals surface area (Å²) in [7, 11) is 1.69. The summed E-state index contributed by atoms with van der Waals surface area (Å²) in [4.78, 5) is 17.7. The van der Waals surface area contributed by atoms with E-state index in [0.717, 1.165) is 19.3 Å². The average molecular weight is 244 g/mol. The van der Waals surface area contributed by atoms with Crippen molar-refractivity contribution in [2.75, 3.05) is 12.4 Å². The van der Waals surface area contributed by atoms with Crippen LogP contribution in [0.5, 0.6) is 0 Å². The van der Waals surface area contributed by atoms with Gasteiger partial charge >= 0.3 is 0 Å². The molecule has 0 saturated heterocycles. The molecule has 5 nitrogen and oxygen atoms in total. The first-order chi connectivity index (χ1) is 7.72. The summed E-state index contributed by atoms with van der Waals surface area (Å²) in [6, 6.07) is 0.178. The first kappa shape index (κ1) is 11.4. The zero-order valence-corrected chi connectivity index (χ0v) is 9.75. The van der Waals surface area contributed by atoms with Crippen LogP contribution in [-0.4, -0.2) is 29.2 Å². The molecular formula is C10H14ClN3O2. The van der Waals surface area contributed by atoms with Crippen LogP contribution in [0.15, 0.2) is 11.1 Å². The number of aromatic amines is 1. The van der Waals surface area contributed by atoms with E-state index in [1.165, 1.54) is 6.33 Å². The van der Waals surface area contributed by atoms with Gasteiger partial charge in [-0.3, -0.25) is 4.79 Å². The molecule has 88 valence electrons. The summed E-state index contributed by atoms with van der Waals surface area (Å²) in [5.74, 6) is 0.430. The van der Waals surface area contributed by atoms with Crippen LogP contribution in [-0.2, 0) is 4.74 Å². The van der Waals surface area contributed by atoms with E-state index < -0.39 is 0 Å². The molecule has 0 radical (unpaired) electrons. The molecule has 1 aliphatic carbocycles. The van der Waals surface area contributed by atoms with Crippen molar-refractivity contribution in [3.63, 3.8) is 0 Å². The summed E-state index contributed by atoms with van der Waals surface area (Å²) in [6.45, 7) is 0. The molecule has 6 heteroatoms. The lowest BCUT2D eigenvalue weighted by molar-refractivity contribution is 0.101. The van der Waals surface area contributed by atoms with Crippen molar-refractivity contribution in [1.82, 2.24) is 9.97 Å².